The van der Waals surface area contributed by atoms with Crippen LogP contribution in [0.4, 0.5) is 0 Å². The van der Waals surface area contributed by atoms with Gasteiger partial charge < -0.3 is 0 Å². The van der Waals surface area contributed by atoms with E-state index in [9.17, 15) is 19.2 Å². The van der Waals surface area contributed by atoms with Crippen molar-refractivity contribution in [3.63, 3.8) is 0 Å². The van der Waals surface area contributed by atoms with E-state index in [1.54, 1.807) is 0 Å². The van der Waals surface area contributed by atoms with Gasteiger partial charge in [-0.2, -0.15) is 0 Å². The van der Waals surface area contributed by atoms with Crippen LogP contribution >= 0.6 is 0 Å². The van der Waals surface area contributed by atoms with E-state index in [0.29, 0.717) is 11.6 Å². The third-order valence-electron chi connectivity index (χ3n) is 10.5. The van der Waals surface area contributed by atoms with E-state index in [4.69, 9.17) is 9.78 Å². The minimum Gasteiger partial charge on any atom is -0.300 e. The highest BCUT2D eigenvalue weighted by molar-refractivity contribution is 5.78. The Labute approximate surface area is 322 Å². The van der Waals surface area contributed by atoms with E-state index >= 15 is 0 Å². The molecule has 0 aliphatic carbocycles. The normalized spacial score (nSPS) is 11.2. The standard InChI is InChI=1S/C46H86O6/c1-3-5-7-9-11-13-19-25-31-37-43(47)39-33-27-21-15-17-23-29-35-41-45(49)51-52-46(50)42-36-30-24-18-16-22-28-34-40-44(48)38-32-26-20-14-12-10-8-6-4-2/h3-42H2,1-2H3. The fourth-order valence-electron chi connectivity index (χ4n) is 7.00. The van der Waals surface area contributed by atoms with E-state index in [1.165, 1.54) is 128 Å². The third-order valence-corrected chi connectivity index (χ3v) is 10.5. The van der Waals surface area contributed by atoms with Gasteiger partial charge in [0.05, 0.1) is 12.8 Å². The summed E-state index contributed by atoms with van der Waals surface area (Å²) in [4.78, 5) is 57.4. The maximum absolute atomic E-state index is 12.1. The van der Waals surface area contributed by atoms with Crippen molar-refractivity contribution in [3.8, 4) is 0 Å². The van der Waals surface area contributed by atoms with Crippen LogP contribution in [0.3, 0.4) is 0 Å². The second-order valence-corrected chi connectivity index (χ2v) is 15.8. The molecule has 306 valence electrons. The molecule has 0 heterocycles. The van der Waals surface area contributed by atoms with Gasteiger partial charge in [0.2, 0.25) is 0 Å². The summed E-state index contributed by atoms with van der Waals surface area (Å²) in [5.74, 6) is -0.0484. The molecule has 6 heteroatoms. The molecule has 0 aromatic carbocycles. The van der Waals surface area contributed by atoms with Crippen molar-refractivity contribution < 1.29 is 29.0 Å². The highest BCUT2D eigenvalue weighted by Gasteiger charge is 2.10. The molecule has 0 radical (unpaired) electrons. The molecule has 0 saturated heterocycles. The number of carbonyl (C=O) groups excluding carboxylic acids is 4. The van der Waals surface area contributed by atoms with Crippen molar-refractivity contribution in [1.29, 1.82) is 0 Å². The van der Waals surface area contributed by atoms with Crippen LogP contribution in [0.5, 0.6) is 0 Å². The Kier molecular flexibility index (Phi) is 40.6. The molecule has 0 aromatic rings. The average Bonchev–Trinajstić information content (AvgIpc) is 3.14. The van der Waals surface area contributed by atoms with Crippen molar-refractivity contribution >= 4 is 23.5 Å². The van der Waals surface area contributed by atoms with Gasteiger partial charge in [-0.1, -0.05) is 194 Å². The van der Waals surface area contributed by atoms with Crippen molar-refractivity contribution in [2.45, 2.75) is 271 Å². The molecular formula is C46H86O6. The fraction of sp³-hybridized carbons (Fsp3) is 0.913. The lowest BCUT2D eigenvalue weighted by atomic mass is 10.0. The number of ketones is 2. The van der Waals surface area contributed by atoms with Gasteiger partial charge in [-0.25, -0.2) is 19.4 Å². The van der Waals surface area contributed by atoms with E-state index < -0.39 is 11.9 Å². The van der Waals surface area contributed by atoms with Gasteiger partial charge in [0.1, 0.15) is 11.6 Å². The monoisotopic (exact) mass is 735 g/mol. The predicted molar refractivity (Wildman–Crippen MR) is 218 cm³/mol. The van der Waals surface area contributed by atoms with Crippen molar-refractivity contribution in [2.24, 2.45) is 0 Å². The highest BCUT2D eigenvalue weighted by atomic mass is 17.2. The third kappa shape index (κ3) is 41.0. The van der Waals surface area contributed by atoms with E-state index in [-0.39, 0.29) is 12.8 Å². The number of unbranched alkanes of at least 4 members (excludes halogenated alkanes) is 30. The van der Waals surface area contributed by atoms with Gasteiger partial charge in [-0.05, 0) is 38.5 Å². The van der Waals surface area contributed by atoms with Gasteiger partial charge in [0.15, 0.2) is 0 Å². The molecule has 0 saturated carbocycles. The van der Waals surface area contributed by atoms with Gasteiger partial charge in [0.25, 0.3) is 0 Å². The fourth-order valence-corrected chi connectivity index (χ4v) is 7.00. The first-order valence-electron chi connectivity index (χ1n) is 22.9. The first kappa shape index (κ1) is 50.3. The first-order valence-corrected chi connectivity index (χ1v) is 22.9. The van der Waals surface area contributed by atoms with Crippen LogP contribution in [0.2, 0.25) is 0 Å². The van der Waals surface area contributed by atoms with Crippen LogP contribution < -0.4 is 0 Å². The molecule has 0 unspecified atom stereocenters. The summed E-state index contributed by atoms with van der Waals surface area (Å²) >= 11 is 0. The van der Waals surface area contributed by atoms with Gasteiger partial charge in [-0.15, -0.1) is 0 Å². The Bertz CT molecular complexity index is 743. The van der Waals surface area contributed by atoms with Gasteiger partial charge in [0, 0.05) is 25.7 Å². The lowest BCUT2D eigenvalue weighted by Gasteiger charge is -2.05. The molecular weight excluding hydrogens is 648 g/mol. The number of rotatable bonds is 42. The SMILES string of the molecule is CCCCCCCCCCCC(=O)CCCCCCCCCCC(=O)OOC(=O)CCCCCCCCCCC(=O)CCCCCCCCCCC. The topological polar surface area (TPSA) is 86.7 Å². The van der Waals surface area contributed by atoms with Crippen LogP contribution in [0.15, 0.2) is 0 Å². The van der Waals surface area contributed by atoms with E-state index in [0.717, 1.165) is 116 Å². The quantitative estimate of drug-likeness (QED) is 0.0352. The Morgan fingerprint density at radius 3 is 0.635 bits per heavy atom. The molecule has 0 aliphatic heterocycles. The summed E-state index contributed by atoms with van der Waals surface area (Å²) in [6.45, 7) is 4.51. The molecule has 0 aromatic heterocycles. The number of Topliss-reactive ketones (excluding diaryl/α,β-unsaturated/α-hetero) is 2. The summed E-state index contributed by atoms with van der Waals surface area (Å²) < 4.78 is 0. The molecule has 0 aliphatic rings. The minimum atomic E-state index is -0.467. The molecule has 0 atom stereocenters. The van der Waals surface area contributed by atoms with Crippen LogP contribution in [0.25, 0.3) is 0 Å². The largest absolute Gasteiger partial charge is 0.355 e. The average molecular weight is 735 g/mol. The van der Waals surface area contributed by atoms with Crippen molar-refractivity contribution in [3.05, 3.63) is 0 Å². The lowest BCUT2D eigenvalue weighted by Crippen LogP contribution is -2.11. The summed E-state index contributed by atoms with van der Waals surface area (Å²) in [5, 5.41) is 0. The lowest BCUT2D eigenvalue weighted by molar-refractivity contribution is -0.259. The Morgan fingerprint density at radius 1 is 0.250 bits per heavy atom. The number of hydrogen-bond acceptors (Lipinski definition) is 6. The molecule has 0 N–H and O–H groups in total. The van der Waals surface area contributed by atoms with Crippen LogP contribution in [-0.4, -0.2) is 23.5 Å². The molecule has 0 spiro atoms. The minimum absolute atomic E-state index is 0.280. The van der Waals surface area contributed by atoms with E-state index in [2.05, 4.69) is 13.8 Å². The summed E-state index contributed by atoms with van der Waals surface area (Å²) in [6.07, 6.45) is 43.8. The summed E-state index contributed by atoms with van der Waals surface area (Å²) in [7, 11) is 0. The molecule has 52 heavy (non-hydrogen) atoms. The molecule has 6 nitrogen and oxygen atoms in total. The second kappa shape index (κ2) is 42.0. The Morgan fingerprint density at radius 2 is 0.423 bits per heavy atom. The zero-order valence-electron chi connectivity index (χ0n) is 34.7. The van der Waals surface area contributed by atoms with Gasteiger partial charge >= 0.3 is 11.9 Å². The first-order chi connectivity index (χ1) is 25.5. The maximum Gasteiger partial charge on any atom is 0.355 e. The maximum atomic E-state index is 12.1. The van der Waals surface area contributed by atoms with Crippen molar-refractivity contribution in [2.75, 3.05) is 0 Å². The van der Waals surface area contributed by atoms with Crippen LogP contribution in [-0.2, 0) is 29.0 Å². The summed E-state index contributed by atoms with van der Waals surface area (Å²) in [6, 6.07) is 0. The van der Waals surface area contributed by atoms with Crippen LogP contribution in [0, 0.1) is 0 Å². The number of carbonyl (C=O) groups is 4. The predicted octanol–water partition coefficient (Wildman–Crippen LogP) is 14.8. The van der Waals surface area contributed by atoms with Crippen LogP contribution in [0.1, 0.15) is 271 Å². The summed E-state index contributed by atoms with van der Waals surface area (Å²) in [5.41, 5.74) is 0. The molecule has 0 bridgehead atoms. The Balaban J connectivity index is 3.37. The molecule has 0 amide bonds. The second-order valence-electron chi connectivity index (χ2n) is 15.8. The Hall–Kier alpha value is -1.72. The van der Waals surface area contributed by atoms with Gasteiger partial charge in [-0.3, -0.25) is 9.59 Å². The zero-order valence-corrected chi connectivity index (χ0v) is 34.7. The molecule has 0 fully saturated rings. The smallest absolute Gasteiger partial charge is 0.300 e. The number of hydrogen-bond donors (Lipinski definition) is 0. The zero-order chi connectivity index (χ0) is 38.0. The van der Waals surface area contributed by atoms with Crippen molar-refractivity contribution in [1.82, 2.24) is 0 Å². The highest BCUT2D eigenvalue weighted by Crippen LogP contribution is 2.16. The molecule has 0 rings (SSSR count). The van der Waals surface area contributed by atoms with E-state index in [1.807, 2.05) is 0 Å².